The number of aryl methyl sites for hydroxylation is 3. The van der Waals surface area contributed by atoms with Crippen molar-refractivity contribution in [1.82, 2.24) is 9.97 Å². The molecule has 0 bridgehead atoms. The molecule has 0 radical (unpaired) electrons. The molecule has 0 atom stereocenters. The van der Waals surface area contributed by atoms with E-state index in [0.717, 1.165) is 33.7 Å². The van der Waals surface area contributed by atoms with E-state index in [1.54, 1.807) is 13.4 Å². The van der Waals surface area contributed by atoms with Crippen LogP contribution in [0.3, 0.4) is 0 Å². The monoisotopic (exact) mass is 293 g/mol. The Balaban J connectivity index is 2.05. The fourth-order valence-electron chi connectivity index (χ4n) is 2.45. The molecule has 0 amide bonds. The summed E-state index contributed by atoms with van der Waals surface area (Å²) in [5.41, 5.74) is 5.45. The predicted octanol–water partition coefficient (Wildman–Crippen LogP) is 4.31. The van der Waals surface area contributed by atoms with E-state index in [2.05, 4.69) is 41.3 Å². The van der Waals surface area contributed by atoms with Gasteiger partial charge < -0.3 is 10.1 Å². The van der Waals surface area contributed by atoms with Gasteiger partial charge in [-0.1, -0.05) is 6.07 Å². The molecule has 2 aromatic carbocycles. The number of methoxy groups -OCH3 is 1. The van der Waals surface area contributed by atoms with Crippen LogP contribution >= 0.6 is 0 Å². The van der Waals surface area contributed by atoms with Gasteiger partial charge in [0.05, 0.1) is 12.6 Å². The highest BCUT2D eigenvalue weighted by molar-refractivity contribution is 5.91. The van der Waals surface area contributed by atoms with Gasteiger partial charge in [-0.15, -0.1) is 0 Å². The lowest BCUT2D eigenvalue weighted by molar-refractivity contribution is 0.412. The number of nitrogens with zero attached hydrogens (tertiary/aromatic N) is 2. The molecule has 112 valence electrons. The van der Waals surface area contributed by atoms with Crippen molar-refractivity contribution < 1.29 is 4.74 Å². The van der Waals surface area contributed by atoms with E-state index in [1.165, 1.54) is 11.1 Å². The van der Waals surface area contributed by atoms with Gasteiger partial charge in [-0.3, -0.25) is 0 Å². The number of hydrogen-bond acceptors (Lipinski definition) is 4. The Morgan fingerprint density at radius 1 is 0.909 bits per heavy atom. The Morgan fingerprint density at radius 2 is 1.68 bits per heavy atom. The van der Waals surface area contributed by atoms with Gasteiger partial charge >= 0.3 is 0 Å². The van der Waals surface area contributed by atoms with Crippen LogP contribution in [0, 0.1) is 20.8 Å². The van der Waals surface area contributed by atoms with Crippen molar-refractivity contribution in [2.45, 2.75) is 20.8 Å². The lowest BCUT2D eigenvalue weighted by Crippen LogP contribution is -1.98. The molecule has 22 heavy (non-hydrogen) atoms. The number of ether oxygens (including phenoxy) is 1. The number of anilines is 2. The minimum atomic E-state index is 0.805. The van der Waals surface area contributed by atoms with Gasteiger partial charge in [-0.2, -0.15) is 0 Å². The Hall–Kier alpha value is -2.62. The predicted molar refractivity (Wildman–Crippen MR) is 90.0 cm³/mol. The van der Waals surface area contributed by atoms with Crippen LogP contribution < -0.4 is 10.1 Å². The SMILES string of the molecule is COc1cc(Nc2ncnc3cc(C)c(C)cc23)ccc1C. The molecule has 0 unspecified atom stereocenters. The van der Waals surface area contributed by atoms with Gasteiger partial charge in [0.1, 0.15) is 17.9 Å². The van der Waals surface area contributed by atoms with Crippen molar-refractivity contribution in [2.75, 3.05) is 12.4 Å². The zero-order valence-electron chi connectivity index (χ0n) is 13.3. The van der Waals surface area contributed by atoms with E-state index in [-0.39, 0.29) is 0 Å². The van der Waals surface area contributed by atoms with Crippen LogP contribution in [0.2, 0.25) is 0 Å². The number of aromatic nitrogens is 2. The minimum Gasteiger partial charge on any atom is -0.496 e. The van der Waals surface area contributed by atoms with E-state index < -0.39 is 0 Å². The number of hydrogen-bond donors (Lipinski definition) is 1. The molecule has 3 rings (SSSR count). The zero-order valence-corrected chi connectivity index (χ0v) is 13.3. The van der Waals surface area contributed by atoms with Gasteiger partial charge in [-0.25, -0.2) is 9.97 Å². The first kappa shape index (κ1) is 14.3. The molecule has 1 N–H and O–H groups in total. The highest BCUT2D eigenvalue weighted by Crippen LogP contribution is 2.28. The van der Waals surface area contributed by atoms with Crippen LogP contribution in [-0.4, -0.2) is 17.1 Å². The zero-order chi connectivity index (χ0) is 15.7. The van der Waals surface area contributed by atoms with Crippen LogP contribution in [0.25, 0.3) is 10.9 Å². The van der Waals surface area contributed by atoms with Gasteiger partial charge in [0, 0.05) is 17.1 Å². The van der Waals surface area contributed by atoms with Gasteiger partial charge in [0.2, 0.25) is 0 Å². The van der Waals surface area contributed by atoms with E-state index in [4.69, 9.17) is 4.74 Å². The quantitative estimate of drug-likeness (QED) is 0.781. The van der Waals surface area contributed by atoms with Gasteiger partial charge in [0.25, 0.3) is 0 Å². The largest absolute Gasteiger partial charge is 0.496 e. The number of rotatable bonds is 3. The van der Waals surface area contributed by atoms with Crippen molar-refractivity contribution in [1.29, 1.82) is 0 Å². The molecule has 1 aromatic heterocycles. The first-order valence-corrected chi connectivity index (χ1v) is 7.22. The maximum Gasteiger partial charge on any atom is 0.141 e. The lowest BCUT2D eigenvalue weighted by atomic mass is 10.1. The van der Waals surface area contributed by atoms with Crippen LogP contribution in [0.15, 0.2) is 36.7 Å². The number of fused-ring (bicyclic) bond motifs is 1. The van der Waals surface area contributed by atoms with E-state index in [1.807, 2.05) is 25.1 Å². The molecule has 0 aliphatic heterocycles. The second-order valence-electron chi connectivity index (χ2n) is 5.49. The summed E-state index contributed by atoms with van der Waals surface area (Å²) in [5, 5.41) is 4.38. The third-order valence-corrected chi connectivity index (χ3v) is 3.92. The molecular formula is C18H19N3O. The second-order valence-corrected chi connectivity index (χ2v) is 5.49. The summed E-state index contributed by atoms with van der Waals surface area (Å²) in [4.78, 5) is 8.75. The number of nitrogens with one attached hydrogen (secondary N) is 1. The van der Waals surface area contributed by atoms with Crippen molar-refractivity contribution >= 4 is 22.4 Å². The Bertz CT molecular complexity index is 843. The number of benzene rings is 2. The van der Waals surface area contributed by atoms with Gasteiger partial charge in [0.15, 0.2) is 0 Å². The van der Waals surface area contributed by atoms with Crippen LogP contribution in [0.4, 0.5) is 11.5 Å². The Kier molecular flexibility index (Phi) is 3.67. The first-order valence-electron chi connectivity index (χ1n) is 7.22. The molecular weight excluding hydrogens is 274 g/mol. The van der Waals surface area contributed by atoms with Crippen molar-refractivity contribution in [3.63, 3.8) is 0 Å². The molecule has 0 aliphatic rings. The summed E-state index contributed by atoms with van der Waals surface area (Å²) in [6, 6.07) is 10.2. The fraction of sp³-hybridized carbons (Fsp3) is 0.222. The lowest BCUT2D eigenvalue weighted by Gasteiger charge is -2.12. The van der Waals surface area contributed by atoms with Gasteiger partial charge in [-0.05, 0) is 55.7 Å². The first-order chi connectivity index (χ1) is 10.6. The average molecular weight is 293 g/mol. The standard InChI is InChI=1S/C18H19N3O/c1-11-5-6-14(9-17(11)22-4)21-18-15-7-12(2)13(3)8-16(15)19-10-20-18/h5-10H,1-4H3,(H,19,20,21). The summed E-state index contributed by atoms with van der Waals surface area (Å²) in [6.45, 7) is 6.21. The van der Waals surface area contributed by atoms with E-state index >= 15 is 0 Å². The van der Waals surface area contributed by atoms with Crippen molar-refractivity contribution in [3.05, 3.63) is 53.3 Å². The van der Waals surface area contributed by atoms with Crippen LogP contribution in [0.1, 0.15) is 16.7 Å². The molecule has 1 heterocycles. The molecule has 0 saturated carbocycles. The highest BCUT2D eigenvalue weighted by atomic mass is 16.5. The van der Waals surface area contributed by atoms with Crippen LogP contribution in [-0.2, 0) is 0 Å². The van der Waals surface area contributed by atoms with E-state index in [0.29, 0.717) is 0 Å². The highest BCUT2D eigenvalue weighted by Gasteiger charge is 2.07. The molecule has 3 aromatic rings. The Morgan fingerprint density at radius 3 is 2.45 bits per heavy atom. The summed E-state index contributed by atoms with van der Waals surface area (Å²) in [5.74, 6) is 1.66. The summed E-state index contributed by atoms with van der Waals surface area (Å²) >= 11 is 0. The van der Waals surface area contributed by atoms with Crippen LogP contribution in [0.5, 0.6) is 5.75 Å². The average Bonchev–Trinajstić information content (AvgIpc) is 2.51. The normalized spacial score (nSPS) is 10.7. The summed E-state index contributed by atoms with van der Waals surface area (Å²) < 4.78 is 5.37. The third kappa shape index (κ3) is 2.60. The topological polar surface area (TPSA) is 47.0 Å². The second kappa shape index (κ2) is 5.64. The molecule has 4 heteroatoms. The maximum absolute atomic E-state index is 5.37. The van der Waals surface area contributed by atoms with Crippen molar-refractivity contribution in [2.24, 2.45) is 0 Å². The summed E-state index contributed by atoms with van der Waals surface area (Å²) in [6.07, 6.45) is 1.59. The smallest absolute Gasteiger partial charge is 0.141 e. The van der Waals surface area contributed by atoms with E-state index in [9.17, 15) is 0 Å². The molecule has 0 spiro atoms. The fourth-order valence-corrected chi connectivity index (χ4v) is 2.45. The van der Waals surface area contributed by atoms with Crippen molar-refractivity contribution in [3.8, 4) is 5.75 Å². The molecule has 0 saturated heterocycles. The third-order valence-electron chi connectivity index (χ3n) is 3.92. The molecule has 4 nitrogen and oxygen atoms in total. The Labute approximate surface area is 130 Å². The minimum absolute atomic E-state index is 0.805. The maximum atomic E-state index is 5.37. The summed E-state index contributed by atoms with van der Waals surface area (Å²) in [7, 11) is 1.68. The molecule has 0 fully saturated rings. The molecule has 0 aliphatic carbocycles.